The molecule has 3 nitrogen and oxygen atoms in total. The molecule has 0 saturated carbocycles. The van der Waals surface area contributed by atoms with Crippen molar-refractivity contribution >= 4 is 35.5 Å². The topological polar surface area (TPSA) is 43.4 Å². The Labute approximate surface area is 87.3 Å². The monoisotopic (exact) mass is 226 g/mol. The molecule has 0 heterocycles. The molecule has 0 aromatic rings. The van der Waals surface area contributed by atoms with Gasteiger partial charge >= 0.3 is 5.97 Å². The highest BCUT2D eigenvalue weighted by atomic mass is 35.5. The van der Waals surface area contributed by atoms with Gasteiger partial charge in [-0.2, -0.15) is 0 Å². The molecule has 76 valence electrons. The number of carbonyl (C=O) groups excluding carboxylic acids is 2. The van der Waals surface area contributed by atoms with Crippen LogP contribution in [0.5, 0.6) is 0 Å². The maximum Gasteiger partial charge on any atom is 0.312 e. The predicted molar refractivity (Wildman–Crippen MR) is 50.9 cm³/mol. The Balaban J connectivity index is 4.49. The summed E-state index contributed by atoms with van der Waals surface area (Å²) in [6, 6.07) is 0. The second-order valence-electron chi connectivity index (χ2n) is 2.51. The lowest BCUT2D eigenvalue weighted by molar-refractivity contribution is -0.149. The van der Waals surface area contributed by atoms with E-state index in [0.717, 1.165) is 0 Å². The van der Waals surface area contributed by atoms with Crippen LogP contribution in [0.3, 0.4) is 0 Å². The standard InChI is InChI=1S/C8H12Cl2O3/c1-3-6(7(12)13-4-2)8(9,10)5-11/h5-6H,3-4H2,1-2H3. The largest absolute Gasteiger partial charge is 0.466 e. The summed E-state index contributed by atoms with van der Waals surface area (Å²) in [5.74, 6) is -1.34. The number of rotatable bonds is 5. The molecule has 0 aromatic heterocycles. The molecule has 1 atom stereocenters. The van der Waals surface area contributed by atoms with Gasteiger partial charge in [-0.05, 0) is 13.3 Å². The van der Waals surface area contributed by atoms with Crippen LogP contribution in [-0.4, -0.2) is 23.2 Å². The van der Waals surface area contributed by atoms with E-state index in [9.17, 15) is 9.59 Å². The van der Waals surface area contributed by atoms with Crippen LogP contribution in [0.15, 0.2) is 0 Å². The molecule has 0 amide bonds. The Morgan fingerprint density at radius 3 is 2.38 bits per heavy atom. The Bertz CT molecular complexity index is 192. The second kappa shape index (κ2) is 5.45. The molecular formula is C8H12Cl2O3. The highest BCUT2D eigenvalue weighted by Crippen LogP contribution is 2.31. The molecule has 5 heteroatoms. The first-order chi connectivity index (χ1) is 5.99. The van der Waals surface area contributed by atoms with Crippen LogP contribution in [0.1, 0.15) is 20.3 Å². The van der Waals surface area contributed by atoms with Crippen molar-refractivity contribution in [2.75, 3.05) is 6.61 Å². The zero-order valence-corrected chi connectivity index (χ0v) is 9.06. The summed E-state index contributed by atoms with van der Waals surface area (Å²) in [6.07, 6.45) is 0.714. The normalized spacial score (nSPS) is 13.5. The highest BCUT2D eigenvalue weighted by Gasteiger charge is 2.39. The van der Waals surface area contributed by atoms with E-state index in [1.807, 2.05) is 0 Å². The van der Waals surface area contributed by atoms with Gasteiger partial charge in [-0.25, -0.2) is 0 Å². The van der Waals surface area contributed by atoms with Gasteiger partial charge in [-0.3, -0.25) is 9.59 Å². The maximum absolute atomic E-state index is 11.2. The van der Waals surface area contributed by atoms with Crippen LogP contribution in [0.2, 0.25) is 0 Å². The fourth-order valence-electron chi connectivity index (χ4n) is 0.921. The molecule has 0 aliphatic carbocycles. The van der Waals surface area contributed by atoms with E-state index in [4.69, 9.17) is 27.9 Å². The van der Waals surface area contributed by atoms with Gasteiger partial charge in [0.15, 0.2) is 10.6 Å². The first kappa shape index (κ1) is 12.7. The van der Waals surface area contributed by atoms with Crippen molar-refractivity contribution in [3.63, 3.8) is 0 Å². The van der Waals surface area contributed by atoms with Crippen LogP contribution in [0, 0.1) is 5.92 Å². The molecule has 0 spiro atoms. The zero-order valence-electron chi connectivity index (χ0n) is 7.55. The van der Waals surface area contributed by atoms with Crippen molar-refractivity contribution in [1.82, 2.24) is 0 Å². The fraction of sp³-hybridized carbons (Fsp3) is 0.750. The Hall–Kier alpha value is -0.280. The number of esters is 1. The van der Waals surface area contributed by atoms with Crippen molar-refractivity contribution in [3.8, 4) is 0 Å². The minimum atomic E-state index is -1.68. The molecule has 0 saturated heterocycles. The smallest absolute Gasteiger partial charge is 0.312 e. The quantitative estimate of drug-likeness (QED) is 0.409. The van der Waals surface area contributed by atoms with Gasteiger partial charge in [0, 0.05) is 0 Å². The number of carbonyl (C=O) groups is 2. The zero-order chi connectivity index (χ0) is 10.5. The Morgan fingerprint density at radius 1 is 1.54 bits per heavy atom. The first-order valence-electron chi connectivity index (χ1n) is 4.00. The lowest BCUT2D eigenvalue weighted by Gasteiger charge is -2.21. The van der Waals surface area contributed by atoms with Crippen LogP contribution in [-0.2, 0) is 14.3 Å². The van der Waals surface area contributed by atoms with E-state index in [1.165, 1.54) is 0 Å². The van der Waals surface area contributed by atoms with Crippen LogP contribution in [0.4, 0.5) is 0 Å². The van der Waals surface area contributed by atoms with E-state index in [2.05, 4.69) is 0 Å². The molecular weight excluding hydrogens is 215 g/mol. The van der Waals surface area contributed by atoms with Crippen molar-refractivity contribution in [2.24, 2.45) is 5.92 Å². The van der Waals surface area contributed by atoms with Crippen LogP contribution >= 0.6 is 23.2 Å². The number of alkyl halides is 2. The van der Waals surface area contributed by atoms with Gasteiger partial charge in [-0.1, -0.05) is 30.1 Å². The molecule has 0 fully saturated rings. The van der Waals surface area contributed by atoms with E-state index >= 15 is 0 Å². The maximum atomic E-state index is 11.2. The summed E-state index contributed by atoms with van der Waals surface area (Å²) in [6.45, 7) is 3.64. The van der Waals surface area contributed by atoms with E-state index in [1.54, 1.807) is 13.8 Å². The molecule has 0 N–H and O–H groups in total. The first-order valence-corrected chi connectivity index (χ1v) is 4.76. The SMILES string of the molecule is CCOC(=O)C(CC)C(Cl)(Cl)C=O. The van der Waals surface area contributed by atoms with Crippen LogP contribution in [0.25, 0.3) is 0 Å². The number of hydrogen-bond donors (Lipinski definition) is 0. The molecule has 0 bridgehead atoms. The number of aldehydes is 1. The van der Waals surface area contributed by atoms with Gasteiger partial charge in [0.2, 0.25) is 0 Å². The lowest BCUT2D eigenvalue weighted by Crippen LogP contribution is -2.34. The predicted octanol–water partition coefficient (Wildman–Crippen LogP) is 1.95. The third-order valence-electron chi connectivity index (χ3n) is 1.60. The number of halogens is 2. The molecule has 1 unspecified atom stereocenters. The van der Waals surface area contributed by atoms with Gasteiger partial charge in [0.1, 0.15) is 0 Å². The van der Waals surface area contributed by atoms with E-state index in [0.29, 0.717) is 12.7 Å². The van der Waals surface area contributed by atoms with E-state index < -0.39 is 16.2 Å². The Kier molecular flexibility index (Phi) is 5.33. The molecule has 0 rings (SSSR count). The van der Waals surface area contributed by atoms with Crippen molar-refractivity contribution in [3.05, 3.63) is 0 Å². The van der Waals surface area contributed by atoms with Gasteiger partial charge in [0.05, 0.1) is 12.5 Å². The minimum absolute atomic E-state index is 0.248. The molecule has 0 aliphatic rings. The minimum Gasteiger partial charge on any atom is -0.466 e. The van der Waals surface area contributed by atoms with Gasteiger partial charge < -0.3 is 4.74 Å². The highest BCUT2D eigenvalue weighted by molar-refractivity contribution is 6.56. The van der Waals surface area contributed by atoms with Crippen molar-refractivity contribution in [2.45, 2.75) is 24.6 Å². The van der Waals surface area contributed by atoms with Crippen molar-refractivity contribution in [1.29, 1.82) is 0 Å². The third kappa shape index (κ3) is 3.53. The number of hydrogen-bond acceptors (Lipinski definition) is 3. The summed E-state index contributed by atoms with van der Waals surface area (Å²) in [5, 5.41) is 0. The summed E-state index contributed by atoms with van der Waals surface area (Å²) in [4.78, 5) is 21.7. The molecule has 0 aromatic carbocycles. The fourth-order valence-corrected chi connectivity index (χ4v) is 1.41. The third-order valence-corrected chi connectivity index (χ3v) is 2.31. The summed E-state index contributed by atoms with van der Waals surface area (Å²) >= 11 is 11.2. The summed E-state index contributed by atoms with van der Waals surface area (Å²) in [7, 11) is 0. The van der Waals surface area contributed by atoms with Crippen molar-refractivity contribution < 1.29 is 14.3 Å². The van der Waals surface area contributed by atoms with Gasteiger partial charge in [-0.15, -0.1) is 0 Å². The summed E-state index contributed by atoms with van der Waals surface area (Å²) < 4.78 is 3.04. The average molecular weight is 227 g/mol. The average Bonchev–Trinajstić information content (AvgIpc) is 2.05. The molecule has 13 heavy (non-hydrogen) atoms. The summed E-state index contributed by atoms with van der Waals surface area (Å²) in [5.41, 5.74) is 0. The lowest BCUT2D eigenvalue weighted by atomic mass is 10.0. The molecule has 0 radical (unpaired) electrons. The number of ether oxygens (including phenoxy) is 1. The van der Waals surface area contributed by atoms with Gasteiger partial charge in [0.25, 0.3) is 0 Å². The van der Waals surface area contributed by atoms with Crippen LogP contribution < -0.4 is 0 Å². The second-order valence-corrected chi connectivity index (χ2v) is 3.95. The Morgan fingerprint density at radius 2 is 2.08 bits per heavy atom. The molecule has 0 aliphatic heterocycles. The van der Waals surface area contributed by atoms with E-state index in [-0.39, 0.29) is 6.61 Å².